The number of benzene rings is 1. The molecule has 2 aromatic rings. The minimum absolute atomic E-state index is 0.506. The van der Waals surface area contributed by atoms with Crippen molar-refractivity contribution in [3.63, 3.8) is 0 Å². The number of pyridine rings is 1. The van der Waals surface area contributed by atoms with E-state index in [1.54, 1.807) is 0 Å². The van der Waals surface area contributed by atoms with Gasteiger partial charge in [-0.15, -0.1) is 0 Å². The number of hydrogen-bond donors (Lipinski definition) is 2. The van der Waals surface area contributed by atoms with E-state index in [4.69, 9.17) is 21.8 Å². The predicted octanol–water partition coefficient (Wildman–Crippen LogP) is 3.88. The van der Waals surface area contributed by atoms with Gasteiger partial charge in [-0.05, 0) is 55.8 Å². The Morgan fingerprint density at radius 1 is 1.15 bits per heavy atom. The molecule has 1 aromatic heterocycles. The van der Waals surface area contributed by atoms with E-state index in [1.807, 2.05) is 30.6 Å². The van der Waals surface area contributed by atoms with E-state index in [-0.39, 0.29) is 0 Å². The molecule has 2 heterocycles. The first-order valence-corrected chi connectivity index (χ1v) is 8.79. The van der Waals surface area contributed by atoms with Crippen LogP contribution < -0.4 is 0 Å². The molecule has 0 spiro atoms. The van der Waals surface area contributed by atoms with E-state index in [1.165, 1.54) is 24.9 Å². The Bertz CT molecular complexity index is 822. The molecule has 27 heavy (non-hydrogen) atoms. The van der Waals surface area contributed by atoms with Crippen molar-refractivity contribution in [1.82, 2.24) is 9.88 Å². The van der Waals surface area contributed by atoms with Crippen LogP contribution in [0.5, 0.6) is 0 Å². The van der Waals surface area contributed by atoms with Gasteiger partial charge in [0.25, 0.3) is 0 Å². The fraction of sp³-hybridized carbons (Fsp3) is 0.250. The molecule has 2 N–H and O–H groups in total. The zero-order valence-corrected chi connectivity index (χ0v) is 15.6. The van der Waals surface area contributed by atoms with Gasteiger partial charge < -0.3 is 10.2 Å². The summed E-state index contributed by atoms with van der Waals surface area (Å²) < 4.78 is 0. The van der Waals surface area contributed by atoms with Crippen LogP contribution in [0.1, 0.15) is 24.4 Å². The average molecular weight is 389 g/mol. The number of nitrogens with zero attached hydrogens (tertiary/aromatic N) is 2. The topological polar surface area (TPSA) is 90.7 Å². The molecule has 1 aliphatic rings. The van der Waals surface area contributed by atoms with Crippen LogP contribution in [0.4, 0.5) is 0 Å². The number of aromatic nitrogens is 1. The highest BCUT2D eigenvalue weighted by atomic mass is 35.5. The molecule has 0 radical (unpaired) electrons. The second-order valence-corrected chi connectivity index (χ2v) is 6.60. The summed E-state index contributed by atoms with van der Waals surface area (Å²) in [5.41, 5.74) is 3.57. The maximum atomic E-state index is 9.55. The molecule has 1 unspecified atom stereocenters. The Kier molecular flexibility index (Phi) is 7.52. The second kappa shape index (κ2) is 9.85. The lowest BCUT2D eigenvalue weighted by molar-refractivity contribution is -0.134. The van der Waals surface area contributed by atoms with Gasteiger partial charge in [0, 0.05) is 41.2 Å². The van der Waals surface area contributed by atoms with E-state index in [0.717, 1.165) is 16.1 Å². The molecule has 1 aromatic carbocycles. The number of rotatable bonds is 4. The van der Waals surface area contributed by atoms with E-state index in [9.17, 15) is 9.59 Å². The molecule has 1 fully saturated rings. The van der Waals surface area contributed by atoms with Crippen molar-refractivity contribution in [2.75, 3.05) is 13.6 Å². The van der Waals surface area contributed by atoms with Gasteiger partial charge in [0.2, 0.25) is 0 Å². The third kappa shape index (κ3) is 6.51. The van der Waals surface area contributed by atoms with Gasteiger partial charge in [0.15, 0.2) is 0 Å². The summed E-state index contributed by atoms with van der Waals surface area (Å²) in [6.45, 7) is 1.17. The normalized spacial score (nSPS) is 16.7. The molecule has 7 heteroatoms. The SMILES string of the molecule is CN1CCCC1c1cncc(-c2cccc(Cl)c2)c1.O=C(O)/C=C/C(=O)O. The molecule has 1 aliphatic heterocycles. The van der Waals surface area contributed by atoms with Gasteiger partial charge in [-0.1, -0.05) is 23.7 Å². The number of likely N-dealkylation sites (tertiary alicyclic amines) is 1. The van der Waals surface area contributed by atoms with Crippen molar-refractivity contribution in [1.29, 1.82) is 0 Å². The van der Waals surface area contributed by atoms with E-state index >= 15 is 0 Å². The predicted molar refractivity (Wildman–Crippen MR) is 104 cm³/mol. The van der Waals surface area contributed by atoms with Gasteiger partial charge in [0.05, 0.1) is 0 Å². The van der Waals surface area contributed by atoms with Crippen molar-refractivity contribution in [2.24, 2.45) is 0 Å². The highest BCUT2D eigenvalue weighted by Gasteiger charge is 2.22. The van der Waals surface area contributed by atoms with Crippen LogP contribution in [0.2, 0.25) is 5.02 Å². The van der Waals surface area contributed by atoms with E-state index in [0.29, 0.717) is 18.2 Å². The number of aliphatic carboxylic acids is 2. The van der Waals surface area contributed by atoms with Crippen molar-refractivity contribution in [3.05, 3.63) is 65.5 Å². The third-order valence-electron chi connectivity index (χ3n) is 4.19. The highest BCUT2D eigenvalue weighted by Crippen LogP contribution is 2.32. The summed E-state index contributed by atoms with van der Waals surface area (Å²) in [6.07, 6.45) is 7.50. The van der Waals surface area contributed by atoms with Crippen molar-refractivity contribution < 1.29 is 19.8 Å². The first-order valence-electron chi connectivity index (χ1n) is 8.42. The summed E-state index contributed by atoms with van der Waals surface area (Å²) in [6, 6.07) is 10.7. The van der Waals surface area contributed by atoms with E-state index < -0.39 is 11.9 Å². The zero-order valence-electron chi connectivity index (χ0n) is 14.9. The number of carboxylic acids is 2. The van der Waals surface area contributed by atoms with Crippen LogP contribution in [-0.2, 0) is 9.59 Å². The second-order valence-electron chi connectivity index (χ2n) is 6.17. The molecule has 3 rings (SSSR count). The largest absolute Gasteiger partial charge is 0.478 e. The van der Waals surface area contributed by atoms with Crippen LogP contribution in [0, 0.1) is 0 Å². The van der Waals surface area contributed by atoms with Crippen molar-refractivity contribution in [3.8, 4) is 11.1 Å². The fourth-order valence-electron chi connectivity index (χ4n) is 2.94. The lowest BCUT2D eigenvalue weighted by Gasteiger charge is -2.19. The number of hydrogen-bond acceptors (Lipinski definition) is 4. The molecular formula is C20H21ClN2O4. The van der Waals surface area contributed by atoms with Crippen LogP contribution in [-0.4, -0.2) is 45.6 Å². The lowest BCUT2D eigenvalue weighted by Crippen LogP contribution is -2.17. The Labute approximate surface area is 162 Å². The van der Waals surface area contributed by atoms with Gasteiger partial charge in [-0.2, -0.15) is 0 Å². The molecule has 0 saturated carbocycles. The Morgan fingerprint density at radius 3 is 2.41 bits per heavy atom. The number of carboxylic acid groups (broad SMARTS) is 2. The van der Waals surface area contributed by atoms with Gasteiger partial charge >= 0.3 is 11.9 Å². The van der Waals surface area contributed by atoms with Crippen molar-refractivity contribution >= 4 is 23.5 Å². The quantitative estimate of drug-likeness (QED) is 0.772. The summed E-state index contributed by atoms with van der Waals surface area (Å²) in [5, 5.41) is 16.4. The Hall–Kier alpha value is -2.70. The Morgan fingerprint density at radius 2 is 1.85 bits per heavy atom. The van der Waals surface area contributed by atoms with Crippen molar-refractivity contribution in [2.45, 2.75) is 18.9 Å². The number of carbonyl (C=O) groups is 2. The smallest absolute Gasteiger partial charge is 0.328 e. The zero-order chi connectivity index (χ0) is 19.8. The molecule has 0 bridgehead atoms. The maximum absolute atomic E-state index is 9.55. The summed E-state index contributed by atoms with van der Waals surface area (Å²) in [5.74, 6) is -2.51. The van der Waals surface area contributed by atoms with Gasteiger partial charge in [-0.3, -0.25) is 9.88 Å². The number of halogens is 1. The third-order valence-corrected chi connectivity index (χ3v) is 4.43. The fourth-order valence-corrected chi connectivity index (χ4v) is 3.13. The molecular weight excluding hydrogens is 368 g/mol. The first kappa shape index (κ1) is 20.6. The molecule has 0 amide bonds. The minimum Gasteiger partial charge on any atom is -0.478 e. The van der Waals surface area contributed by atoms with Gasteiger partial charge in [-0.25, -0.2) is 9.59 Å². The summed E-state index contributed by atoms with van der Waals surface area (Å²) in [7, 11) is 2.18. The monoisotopic (exact) mass is 388 g/mol. The van der Waals surface area contributed by atoms with Crippen LogP contribution >= 0.6 is 11.6 Å². The van der Waals surface area contributed by atoms with Crippen LogP contribution in [0.3, 0.4) is 0 Å². The summed E-state index contributed by atoms with van der Waals surface area (Å²) in [4.78, 5) is 25.9. The van der Waals surface area contributed by atoms with Crippen LogP contribution in [0.25, 0.3) is 11.1 Å². The molecule has 1 saturated heterocycles. The van der Waals surface area contributed by atoms with E-state index in [2.05, 4.69) is 29.1 Å². The molecule has 1 atom stereocenters. The average Bonchev–Trinajstić information content (AvgIpc) is 3.07. The summed E-state index contributed by atoms with van der Waals surface area (Å²) >= 11 is 6.06. The van der Waals surface area contributed by atoms with Gasteiger partial charge in [0.1, 0.15) is 0 Å². The molecule has 6 nitrogen and oxygen atoms in total. The highest BCUT2D eigenvalue weighted by molar-refractivity contribution is 6.30. The first-order chi connectivity index (χ1) is 12.9. The minimum atomic E-state index is -1.26. The lowest BCUT2D eigenvalue weighted by atomic mass is 10.0. The van der Waals surface area contributed by atoms with Crippen LogP contribution in [0.15, 0.2) is 54.9 Å². The Balaban J connectivity index is 0.000000279. The standard InChI is InChI=1S/C16H17ClN2.C4H4O4/c1-19-7-3-6-16(19)14-8-13(10-18-11-14)12-4-2-5-15(17)9-12;5-3(6)1-2-4(7)8/h2,4-5,8-11,16H,3,6-7H2,1H3;1-2H,(H,5,6)(H,7,8)/b;2-1+. The maximum Gasteiger partial charge on any atom is 0.328 e. The molecule has 142 valence electrons. The molecule has 0 aliphatic carbocycles.